The molecule has 0 radical (unpaired) electrons. The van der Waals surface area contributed by atoms with E-state index in [2.05, 4.69) is 5.32 Å². The summed E-state index contributed by atoms with van der Waals surface area (Å²) in [6.45, 7) is 2.38. The molecule has 0 amide bonds. The molecule has 2 rings (SSSR count). The van der Waals surface area contributed by atoms with Crippen LogP contribution in [0.3, 0.4) is 0 Å². The summed E-state index contributed by atoms with van der Waals surface area (Å²) in [7, 11) is 0. The second kappa shape index (κ2) is 5.71. The highest BCUT2D eigenvalue weighted by Crippen LogP contribution is 2.24. The number of nitro groups is 1. The molecule has 1 N–H and O–H groups in total. The van der Waals surface area contributed by atoms with Gasteiger partial charge in [-0.2, -0.15) is 0 Å². The van der Waals surface area contributed by atoms with Gasteiger partial charge in [0.2, 0.25) is 0 Å². The summed E-state index contributed by atoms with van der Waals surface area (Å²) < 4.78 is 0. The van der Waals surface area contributed by atoms with Gasteiger partial charge in [-0.3, -0.25) is 10.1 Å². The SMILES string of the molecule is Cc1cccc(NCc2ccc(Cl)cc2[N+](=O)[O-])c1. The van der Waals surface area contributed by atoms with Crippen LogP contribution in [0, 0.1) is 17.0 Å². The first kappa shape index (κ1) is 13.4. The molecule has 2 aromatic rings. The van der Waals surface area contributed by atoms with Gasteiger partial charge in [-0.05, 0) is 36.8 Å². The smallest absolute Gasteiger partial charge is 0.275 e. The first-order valence-corrected chi connectivity index (χ1v) is 6.17. The molecule has 0 heterocycles. The number of nitro benzene ring substituents is 1. The number of rotatable bonds is 4. The summed E-state index contributed by atoms with van der Waals surface area (Å²) in [5.74, 6) is 0. The third kappa shape index (κ3) is 3.45. The van der Waals surface area contributed by atoms with E-state index in [0.29, 0.717) is 17.1 Å². The van der Waals surface area contributed by atoms with E-state index in [1.807, 2.05) is 31.2 Å². The van der Waals surface area contributed by atoms with Crippen LogP contribution in [-0.2, 0) is 6.54 Å². The van der Waals surface area contributed by atoms with Crippen molar-refractivity contribution in [2.75, 3.05) is 5.32 Å². The molecule has 5 heteroatoms. The van der Waals surface area contributed by atoms with Crippen LogP contribution >= 0.6 is 11.6 Å². The van der Waals surface area contributed by atoms with Gasteiger partial charge in [0.05, 0.1) is 4.92 Å². The van der Waals surface area contributed by atoms with Crippen LogP contribution in [0.1, 0.15) is 11.1 Å². The molecule has 0 aliphatic rings. The lowest BCUT2D eigenvalue weighted by Crippen LogP contribution is -2.03. The Balaban J connectivity index is 2.17. The molecule has 0 aromatic heterocycles. The van der Waals surface area contributed by atoms with Gasteiger partial charge in [-0.25, -0.2) is 0 Å². The Morgan fingerprint density at radius 1 is 1.26 bits per heavy atom. The van der Waals surface area contributed by atoms with Gasteiger partial charge >= 0.3 is 0 Å². The summed E-state index contributed by atoms with van der Waals surface area (Å²) >= 11 is 5.77. The summed E-state index contributed by atoms with van der Waals surface area (Å²) in [6, 6.07) is 12.5. The summed E-state index contributed by atoms with van der Waals surface area (Å²) in [5.41, 5.74) is 2.71. The lowest BCUT2D eigenvalue weighted by molar-refractivity contribution is -0.385. The van der Waals surface area contributed by atoms with Crippen LogP contribution in [-0.4, -0.2) is 4.92 Å². The zero-order chi connectivity index (χ0) is 13.8. The van der Waals surface area contributed by atoms with Crippen molar-refractivity contribution in [3.63, 3.8) is 0 Å². The number of benzene rings is 2. The van der Waals surface area contributed by atoms with Crippen molar-refractivity contribution in [2.24, 2.45) is 0 Å². The van der Waals surface area contributed by atoms with E-state index in [-0.39, 0.29) is 5.69 Å². The highest BCUT2D eigenvalue weighted by molar-refractivity contribution is 6.30. The van der Waals surface area contributed by atoms with E-state index in [4.69, 9.17) is 11.6 Å². The Labute approximate surface area is 116 Å². The summed E-state index contributed by atoms with van der Waals surface area (Å²) in [4.78, 5) is 10.5. The summed E-state index contributed by atoms with van der Waals surface area (Å²) in [6.07, 6.45) is 0. The molecule has 98 valence electrons. The van der Waals surface area contributed by atoms with E-state index in [0.717, 1.165) is 11.3 Å². The van der Waals surface area contributed by atoms with Gasteiger partial charge in [0.1, 0.15) is 0 Å². The predicted octanol–water partition coefficient (Wildman–Crippen LogP) is 4.17. The van der Waals surface area contributed by atoms with E-state index in [9.17, 15) is 10.1 Å². The van der Waals surface area contributed by atoms with Crippen molar-refractivity contribution >= 4 is 23.0 Å². The molecular formula is C14H13ClN2O2. The lowest BCUT2D eigenvalue weighted by Gasteiger charge is -2.08. The standard InChI is InChI=1S/C14H13ClN2O2/c1-10-3-2-4-13(7-10)16-9-11-5-6-12(15)8-14(11)17(18)19/h2-8,16H,9H2,1H3. The number of anilines is 1. The molecule has 0 fully saturated rings. The second-order valence-corrected chi connectivity index (χ2v) is 4.69. The highest BCUT2D eigenvalue weighted by atomic mass is 35.5. The fourth-order valence-electron chi connectivity index (χ4n) is 1.81. The molecule has 0 aliphatic carbocycles. The van der Waals surface area contributed by atoms with Gasteiger partial charge < -0.3 is 5.32 Å². The molecule has 2 aromatic carbocycles. The molecule has 4 nitrogen and oxygen atoms in total. The first-order valence-electron chi connectivity index (χ1n) is 5.79. The molecule has 0 spiro atoms. The van der Waals surface area contributed by atoms with Gasteiger partial charge in [0, 0.05) is 28.9 Å². The number of nitrogens with one attached hydrogen (secondary N) is 1. The molecule has 0 saturated heterocycles. The van der Waals surface area contributed by atoms with Gasteiger partial charge in [0.25, 0.3) is 5.69 Å². The Morgan fingerprint density at radius 3 is 2.74 bits per heavy atom. The minimum absolute atomic E-state index is 0.0349. The molecule has 0 saturated carbocycles. The fraction of sp³-hybridized carbons (Fsp3) is 0.143. The number of nitrogens with zero attached hydrogens (tertiary/aromatic N) is 1. The average molecular weight is 277 g/mol. The van der Waals surface area contributed by atoms with Crippen molar-refractivity contribution in [3.05, 3.63) is 68.7 Å². The molecule has 0 atom stereocenters. The summed E-state index contributed by atoms with van der Waals surface area (Å²) in [5, 5.41) is 14.5. The highest BCUT2D eigenvalue weighted by Gasteiger charge is 2.13. The van der Waals surface area contributed by atoms with Crippen LogP contribution in [0.2, 0.25) is 5.02 Å². The minimum Gasteiger partial charge on any atom is -0.381 e. The van der Waals surface area contributed by atoms with Crippen LogP contribution in [0.15, 0.2) is 42.5 Å². The maximum absolute atomic E-state index is 11.0. The van der Waals surface area contributed by atoms with Crippen LogP contribution in [0.4, 0.5) is 11.4 Å². The Bertz CT molecular complexity index is 614. The van der Waals surface area contributed by atoms with Gasteiger partial charge in [-0.15, -0.1) is 0 Å². The van der Waals surface area contributed by atoms with Crippen molar-refractivity contribution in [1.82, 2.24) is 0 Å². The van der Waals surface area contributed by atoms with Gasteiger partial charge in [-0.1, -0.05) is 23.7 Å². The third-order valence-corrected chi connectivity index (χ3v) is 2.98. The van der Waals surface area contributed by atoms with E-state index >= 15 is 0 Å². The molecule has 0 bridgehead atoms. The third-order valence-electron chi connectivity index (χ3n) is 2.75. The average Bonchev–Trinajstić information content (AvgIpc) is 2.37. The van der Waals surface area contributed by atoms with Crippen LogP contribution in [0.25, 0.3) is 0 Å². The number of hydrogen-bond donors (Lipinski definition) is 1. The van der Waals surface area contributed by atoms with Gasteiger partial charge in [0.15, 0.2) is 0 Å². The van der Waals surface area contributed by atoms with Crippen molar-refractivity contribution < 1.29 is 4.92 Å². The largest absolute Gasteiger partial charge is 0.381 e. The second-order valence-electron chi connectivity index (χ2n) is 4.25. The van der Waals surface area contributed by atoms with Crippen molar-refractivity contribution in [2.45, 2.75) is 13.5 Å². The molecule has 0 aliphatic heterocycles. The molecule has 19 heavy (non-hydrogen) atoms. The maximum atomic E-state index is 11.0. The van der Waals surface area contributed by atoms with E-state index in [1.165, 1.54) is 6.07 Å². The topological polar surface area (TPSA) is 55.2 Å². The zero-order valence-corrected chi connectivity index (χ0v) is 11.1. The Morgan fingerprint density at radius 2 is 2.05 bits per heavy atom. The van der Waals surface area contributed by atoms with E-state index in [1.54, 1.807) is 12.1 Å². The van der Waals surface area contributed by atoms with Crippen molar-refractivity contribution in [1.29, 1.82) is 0 Å². The quantitative estimate of drug-likeness (QED) is 0.673. The van der Waals surface area contributed by atoms with Crippen molar-refractivity contribution in [3.8, 4) is 0 Å². The lowest BCUT2D eigenvalue weighted by atomic mass is 10.1. The maximum Gasteiger partial charge on any atom is 0.275 e. The number of aryl methyl sites for hydroxylation is 1. The molecule has 0 unspecified atom stereocenters. The minimum atomic E-state index is -0.418. The monoisotopic (exact) mass is 276 g/mol. The zero-order valence-electron chi connectivity index (χ0n) is 10.4. The van der Waals surface area contributed by atoms with Crippen LogP contribution in [0.5, 0.6) is 0 Å². The normalized spacial score (nSPS) is 10.2. The first-order chi connectivity index (χ1) is 9.06. The van der Waals surface area contributed by atoms with E-state index < -0.39 is 4.92 Å². The fourth-order valence-corrected chi connectivity index (χ4v) is 1.98. The number of hydrogen-bond acceptors (Lipinski definition) is 3. The van der Waals surface area contributed by atoms with Crippen LogP contribution < -0.4 is 5.32 Å². The number of halogens is 1. The predicted molar refractivity (Wildman–Crippen MR) is 76.6 cm³/mol. The Hall–Kier alpha value is -2.07. The Kier molecular flexibility index (Phi) is 4.02. The molecular weight excluding hydrogens is 264 g/mol.